The molecule has 0 spiro atoms. The Hall–Kier alpha value is -1.60. The number of amides is 1. The molecule has 0 unspecified atom stereocenters. The monoisotopic (exact) mass is 286 g/mol. The summed E-state index contributed by atoms with van der Waals surface area (Å²) in [4.78, 5) is 11.9. The first-order valence-corrected chi connectivity index (χ1v) is 7.40. The predicted octanol–water partition coefficient (Wildman–Crippen LogP) is 0.871. The fraction of sp³-hybridized carbons (Fsp3) is 0.417. The highest BCUT2D eigenvalue weighted by atomic mass is 32.2. The molecule has 0 aliphatic rings. The molecule has 6 nitrogen and oxygen atoms in total. The van der Waals surface area contributed by atoms with Crippen molar-refractivity contribution in [3.05, 3.63) is 23.8 Å². The first-order valence-electron chi connectivity index (χ1n) is 5.86. The average Bonchev–Trinajstić information content (AvgIpc) is 2.27. The summed E-state index contributed by atoms with van der Waals surface area (Å²) in [6, 6.07) is 3.89. The van der Waals surface area contributed by atoms with Gasteiger partial charge >= 0.3 is 0 Å². The zero-order chi connectivity index (χ0) is 14.6. The van der Waals surface area contributed by atoms with Crippen LogP contribution in [0.25, 0.3) is 0 Å². The van der Waals surface area contributed by atoms with E-state index in [1.165, 1.54) is 18.2 Å². The molecule has 0 aromatic heterocycles. The maximum Gasteiger partial charge on any atom is 0.255 e. The van der Waals surface area contributed by atoms with Crippen LogP contribution in [0.2, 0.25) is 0 Å². The lowest BCUT2D eigenvalue weighted by Crippen LogP contribution is -2.30. The van der Waals surface area contributed by atoms with E-state index in [0.29, 0.717) is 12.4 Å². The molecule has 106 valence electrons. The van der Waals surface area contributed by atoms with Crippen LogP contribution in [0.5, 0.6) is 5.75 Å². The van der Waals surface area contributed by atoms with Gasteiger partial charge in [0.1, 0.15) is 5.75 Å². The molecular weight excluding hydrogens is 268 g/mol. The molecule has 0 radical (unpaired) electrons. The van der Waals surface area contributed by atoms with Gasteiger partial charge in [-0.3, -0.25) is 4.79 Å². The van der Waals surface area contributed by atoms with Crippen molar-refractivity contribution in [1.82, 2.24) is 5.32 Å². The summed E-state index contributed by atoms with van der Waals surface area (Å²) >= 11 is 0. The second-order valence-corrected chi connectivity index (χ2v) is 5.83. The summed E-state index contributed by atoms with van der Waals surface area (Å²) in [6.07, 6.45) is 0. The van der Waals surface area contributed by atoms with Gasteiger partial charge in [-0.15, -0.1) is 0 Å². The fourth-order valence-electron chi connectivity index (χ4n) is 1.48. The van der Waals surface area contributed by atoms with E-state index >= 15 is 0 Å². The minimum Gasteiger partial charge on any atom is -0.493 e. The number of primary sulfonamides is 1. The van der Waals surface area contributed by atoms with E-state index in [0.717, 1.165) is 0 Å². The largest absolute Gasteiger partial charge is 0.493 e. The van der Waals surface area contributed by atoms with Gasteiger partial charge in [-0.2, -0.15) is 0 Å². The van der Waals surface area contributed by atoms with Crippen molar-refractivity contribution in [1.29, 1.82) is 0 Å². The average molecular weight is 286 g/mol. The molecule has 0 atom stereocenters. The Balaban J connectivity index is 3.27. The van der Waals surface area contributed by atoms with Crippen molar-refractivity contribution in [3.63, 3.8) is 0 Å². The van der Waals surface area contributed by atoms with Crippen LogP contribution < -0.4 is 15.2 Å². The number of rotatable bonds is 5. The van der Waals surface area contributed by atoms with Crippen LogP contribution in [-0.4, -0.2) is 27.0 Å². The smallest absolute Gasteiger partial charge is 0.255 e. The predicted molar refractivity (Wildman–Crippen MR) is 71.6 cm³/mol. The zero-order valence-electron chi connectivity index (χ0n) is 11.1. The van der Waals surface area contributed by atoms with Crippen molar-refractivity contribution < 1.29 is 17.9 Å². The van der Waals surface area contributed by atoms with Gasteiger partial charge in [-0.25, -0.2) is 13.6 Å². The number of ether oxygens (including phenoxy) is 1. The molecule has 0 bridgehead atoms. The Bertz CT molecular complexity index is 567. The van der Waals surface area contributed by atoms with E-state index in [1.54, 1.807) is 6.92 Å². The molecule has 1 aromatic rings. The van der Waals surface area contributed by atoms with Crippen molar-refractivity contribution in [2.75, 3.05) is 6.61 Å². The first kappa shape index (κ1) is 15.5. The van der Waals surface area contributed by atoms with Crippen LogP contribution in [0.1, 0.15) is 31.1 Å². The second kappa shape index (κ2) is 6.03. The highest BCUT2D eigenvalue weighted by Crippen LogP contribution is 2.22. The van der Waals surface area contributed by atoms with E-state index in [2.05, 4.69) is 5.32 Å². The lowest BCUT2D eigenvalue weighted by atomic mass is 10.1. The zero-order valence-corrected chi connectivity index (χ0v) is 12.0. The molecule has 0 saturated carbocycles. The quantitative estimate of drug-likeness (QED) is 0.839. The second-order valence-electron chi connectivity index (χ2n) is 4.26. The third-order valence-electron chi connectivity index (χ3n) is 2.24. The van der Waals surface area contributed by atoms with E-state index < -0.39 is 15.9 Å². The number of benzene rings is 1. The molecule has 0 fully saturated rings. The maximum absolute atomic E-state index is 12.0. The third kappa shape index (κ3) is 4.22. The standard InChI is InChI=1S/C12H18N2O4S/c1-4-18-11-6-5-9(19(13,16)17)7-10(11)12(15)14-8(2)3/h5-8H,4H2,1-3H3,(H,14,15)(H2,13,16,17). The molecule has 0 aliphatic carbocycles. The molecule has 19 heavy (non-hydrogen) atoms. The SMILES string of the molecule is CCOc1ccc(S(N)(=O)=O)cc1C(=O)NC(C)C. The minimum atomic E-state index is -3.85. The molecule has 1 rings (SSSR count). The van der Waals surface area contributed by atoms with E-state index in [9.17, 15) is 13.2 Å². The van der Waals surface area contributed by atoms with Crippen molar-refractivity contribution in [2.24, 2.45) is 5.14 Å². The van der Waals surface area contributed by atoms with Crippen molar-refractivity contribution in [3.8, 4) is 5.75 Å². The van der Waals surface area contributed by atoms with E-state index in [4.69, 9.17) is 9.88 Å². The van der Waals surface area contributed by atoms with Crippen LogP contribution in [0, 0.1) is 0 Å². The molecule has 7 heteroatoms. The Morgan fingerprint density at radius 2 is 2.05 bits per heavy atom. The van der Waals surface area contributed by atoms with E-state index in [1.807, 2.05) is 13.8 Å². The van der Waals surface area contributed by atoms with Crippen molar-refractivity contribution >= 4 is 15.9 Å². The van der Waals surface area contributed by atoms with Crippen LogP contribution in [0.15, 0.2) is 23.1 Å². The Labute approximate surface area is 113 Å². The van der Waals surface area contributed by atoms with Gasteiger partial charge < -0.3 is 10.1 Å². The fourth-order valence-corrected chi connectivity index (χ4v) is 2.02. The molecule has 0 saturated heterocycles. The topological polar surface area (TPSA) is 98.5 Å². The first-order chi connectivity index (χ1) is 8.75. The van der Waals surface area contributed by atoms with Gasteiger partial charge in [-0.1, -0.05) is 0 Å². The molecule has 0 heterocycles. The molecule has 1 aromatic carbocycles. The number of nitrogens with two attached hydrogens (primary N) is 1. The number of hydrogen-bond donors (Lipinski definition) is 2. The number of carbonyl (C=O) groups excluding carboxylic acids is 1. The Morgan fingerprint density at radius 3 is 2.53 bits per heavy atom. The van der Waals surface area contributed by atoms with Gasteiger partial charge in [0, 0.05) is 6.04 Å². The summed E-state index contributed by atoms with van der Waals surface area (Å²) in [5, 5.41) is 7.73. The lowest BCUT2D eigenvalue weighted by molar-refractivity contribution is 0.0939. The third-order valence-corrected chi connectivity index (χ3v) is 3.15. The summed E-state index contributed by atoms with van der Waals surface area (Å²) in [6.45, 7) is 5.76. The summed E-state index contributed by atoms with van der Waals surface area (Å²) < 4.78 is 27.9. The summed E-state index contributed by atoms with van der Waals surface area (Å²) in [7, 11) is -3.85. The summed E-state index contributed by atoms with van der Waals surface area (Å²) in [5.41, 5.74) is 0.155. The normalized spacial score (nSPS) is 11.4. The molecule has 1 amide bonds. The van der Waals surface area contributed by atoms with E-state index in [-0.39, 0.29) is 16.5 Å². The van der Waals surface area contributed by atoms with Crippen LogP contribution in [-0.2, 0) is 10.0 Å². The van der Waals surface area contributed by atoms with Gasteiger partial charge in [0.25, 0.3) is 5.91 Å². The number of carbonyl (C=O) groups is 1. The van der Waals surface area contributed by atoms with Gasteiger partial charge in [0.05, 0.1) is 17.1 Å². The summed E-state index contributed by atoms with van der Waals surface area (Å²) in [5.74, 6) is -0.0722. The van der Waals surface area contributed by atoms with Gasteiger partial charge in [0.15, 0.2) is 0 Å². The molecule has 3 N–H and O–H groups in total. The number of hydrogen-bond acceptors (Lipinski definition) is 4. The Kier molecular flexibility index (Phi) is 4.90. The number of sulfonamides is 1. The van der Waals surface area contributed by atoms with Gasteiger partial charge in [-0.05, 0) is 39.0 Å². The maximum atomic E-state index is 12.0. The Morgan fingerprint density at radius 1 is 1.42 bits per heavy atom. The molecular formula is C12H18N2O4S. The molecule has 0 aliphatic heterocycles. The highest BCUT2D eigenvalue weighted by Gasteiger charge is 2.17. The van der Waals surface area contributed by atoms with Crippen LogP contribution in [0.4, 0.5) is 0 Å². The highest BCUT2D eigenvalue weighted by molar-refractivity contribution is 7.89. The van der Waals surface area contributed by atoms with Crippen LogP contribution in [0.3, 0.4) is 0 Å². The lowest BCUT2D eigenvalue weighted by Gasteiger charge is -2.13. The van der Waals surface area contributed by atoms with Gasteiger partial charge in [0.2, 0.25) is 10.0 Å². The minimum absolute atomic E-state index is 0.0693. The number of nitrogens with one attached hydrogen (secondary N) is 1. The van der Waals surface area contributed by atoms with Crippen LogP contribution >= 0.6 is 0 Å². The van der Waals surface area contributed by atoms with Crippen molar-refractivity contribution in [2.45, 2.75) is 31.7 Å².